The number of hydrogen-bond donors (Lipinski definition) is 1. The number of hydrogen-bond acceptors (Lipinski definition) is 7. The Kier molecular flexibility index (Phi) is 5.55. The van der Waals surface area contributed by atoms with E-state index in [1.807, 2.05) is 0 Å². The van der Waals surface area contributed by atoms with Gasteiger partial charge < -0.3 is 8.92 Å². The topological polar surface area (TPSA) is 125 Å². The van der Waals surface area contributed by atoms with Crippen LogP contribution in [0.25, 0.3) is 0 Å². The zero-order valence-corrected chi connectivity index (χ0v) is 13.9. The fourth-order valence-corrected chi connectivity index (χ4v) is 2.74. The molecule has 0 atom stereocenters. The van der Waals surface area contributed by atoms with Gasteiger partial charge in [-0.25, -0.2) is 4.79 Å². The third kappa shape index (κ3) is 4.91. The highest BCUT2D eigenvalue weighted by Gasteiger charge is 2.18. The van der Waals surface area contributed by atoms with Crippen LogP contribution in [0, 0.1) is 10.1 Å². The number of nitro groups is 1. The Balaban J connectivity index is 2.17. The highest BCUT2D eigenvalue weighted by molar-refractivity contribution is 7.87. The van der Waals surface area contributed by atoms with Crippen LogP contribution in [0.5, 0.6) is 5.75 Å². The predicted octanol–water partition coefficient (Wildman–Crippen LogP) is 2.93. The molecule has 2 rings (SSSR count). The summed E-state index contributed by atoms with van der Waals surface area (Å²) < 4.78 is 34.1. The van der Waals surface area contributed by atoms with Crippen molar-refractivity contribution in [2.75, 3.05) is 11.9 Å². The van der Waals surface area contributed by atoms with Gasteiger partial charge in [0.25, 0.3) is 5.69 Å². The van der Waals surface area contributed by atoms with Gasteiger partial charge in [-0.3, -0.25) is 15.4 Å². The maximum atomic E-state index is 12.2. The molecule has 2 aromatic rings. The highest BCUT2D eigenvalue weighted by Crippen LogP contribution is 2.23. The van der Waals surface area contributed by atoms with E-state index in [4.69, 9.17) is 8.92 Å². The molecule has 25 heavy (non-hydrogen) atoms. The molecular formula is C15H14N2O7S. The van der Waals surface area contributed by atoms with Gasteiger partial charge in [-0.15, -0.1) is 0 Å². The van der Waals surface area contributed by atoms with Crippen LogP contribution >= 0.6 is 0 Å². The summed E-state index contributed by atoms with van der Waals surface area (Å²) in [4.78, 5) is 21.1. The van der Waals surface area contributed by atoms with Crippen molar-refractivity contribution < 1.29 is 27.1 Å². The van der Waals surface area contributed by atoms with Crippen LogP contribution < -0.4 is 9.50 Å². The third-order valence-electron chi connectivity index (χ3n) is 2.90. The Labute approximate surface area is 143 Å². The van der Waals surface area contributed by atoms with Crippen LogP contribution in [0.15, 0.2) is 53.4 Å². The first kappa shape index (κ1) is 18.2. The zero-order chi connectivity index (χ0) is 18.4. The normalized spacial score (nSPS) is 10.8. The van der Waals surface area contributed by atoms with Gasteiger partial charge in [0.1, 0.15) is 10.6 Å². The zero-order valence-electron chi connectivity index (χ0n) is 13.0. The van der Waals surface area contributed by atoms with E-state index in [2.05, 4.69) is 5.32 Å². The van der Waals surface area contributed by atoms with Gasteiger partial charge in [-0.1, -0.05) is 6.07 Å². The van der Waals surface area contributed by atoms with Crippen molar-refractivity contribution in [3.8, 4) is 5.75 Å². The molecule has 10 heteroatoms. The van der Waals surface area contributed by atoms with E-state index in [-0.39, 0.29) is 28.6 Å². The second-order valence-corrected chi connectivity index (χ2v) is 6.21. The van der Waals surface area contributed by atoms with E-state index in [1.165, 1.54) is 24.3 Å². The first-order valence-corrected chi connectivity index (χ1v) is 8.45. The summed E-state index contributed by atoms with van der Waals surface area (Å²) in [5, 5.41) is 13.0. The number of anilines is 1. The average molecular weight is 366 g/mol. The summed E-state index contributed by atoms with van der Waals surface area (Å²) in [6.07, 6.45) is -0.683. The number of ether oxygens (including phenoxy) is 1. The molecule has 0 heterocycles. The van der Waals surface area contributed by atoms with Crippen LogP contribution in [0.2, 0.25) is 0 Å². The molecule has 0 spiro atoms. The molecular weight excluding hydrogens is 352 g/mol. The molecule has 0 aliphatic carbocycles. The Morgan fingerprint density at radius 3 is 2.48 bits per heavy atom. The lowest BCUT2D eigenvalue weighted by Gasteiger charge is -2.09. The number of carbonyl (C=O) groups is 1. The second kappa shape index (κ2) is 7.62. The molecule has 0 bridgehead atoms. The molecule has 0 saturated carbocycles. The van der Waals surface area contributed by atoms with Crippen LogP contribution in [0.3, 0.4) is 0 Å². The average Bonchev–Trinajstić information content (AvgIpc) is 2.55. The molecule has 9 nitrogen and oxygen atoms in total. The SMILES string of the molecule is CCOC(=O)Nc1cccc(OS(=O)(=O)c2ccc([N+](=O)[O-])cc2)c1. The van der Waals surface area contributed by atoms with Gasteiger partial charge in [-0.05, 0) is 31.2 Å². The number of rotatable bonds is 6. The summed E-state index contributed by atoms with van der Waals surface area (Å²) in [5.74, 6) is -0.0346. The minimum atomic E-state index is -4.18. The van der Waals surface area contributed by atoms with E-state index in [1.54, 1.807) is 6.92 Å². The number of nitrogens with zero attached hydrogens (tertiary/aromatic N) is 1. The number of amides is 1. The maximum absolute atomic E-state index is 12.2. The van der Waals surface area contributed by atoms with Crippen molar-refractivity contribution in [2.24, 2.45) is 0 Å². The van der Waals surface area contributed by atoms with Crippen molar-refractivity contribution in [1.29, 1.82) is 0 Å². The first-order valence-electron chi connectivity index (χ1n) is 7.04. The molecule has 0 unspecified atom stereocenters. The second-order valence-electron chi connectivity index (χ2n) is 4.66. The molecule has 0 fully saturated rings. The van der Waals surface area contributed by atoms with E-state index >= 15 is 0 Å². The summed E-state index contributed by atoms with van der Waals surface area (Å²) in [6, 6.07) is 10.00. The summed E-state index contributed by atoms with van der Waals surface area (Å²) in [7, 11) is -4.18. The van der Waals surface area contributed by atoms with Crippen LogP contribution in [-0.4, -0.2) is 26.0 Å². The van der Waals surface area contributed by atoms with Crippen LogP contribution in [0.4, 0.5) is 16.2 Å². The van der Waals surface area contributed by atoms with Crippen molar-refractivity contribution in [1.82, 2.24) is 0 Å². The molecule has 0 aromatic heterocycles. The van der Waals surface area contributed by atoms with Crippen molar-refractivity contribution in [3.63, 3.8) is 0 Å². The van der Waals surface area contributed by atoms with Gasteiger partial charge in [0.05, 0.1) is 11.5 Å². The molecule has 0 saturated heterocycles. The van der Waals surface area contributed by atoms with Crippen molar-refractivity contribution in [2.45, 2.75) is 11.8 Å². The Morgan fingerprint density at radius 2 is 1.88 bits per heavy atom. The summed E-state index contributed by atoms with van der Waals surface area (Å²) in [5.41, 5.74) is 0.0504. The standard InChI is InChI=1S/C15H14N2O7S/c1-2-23-15(18)16-11-4-3-5-13(10-11)24-25(21,22)14-8-6-12(7-9-14)17(19)20/h3-10H,2H2,1H3,(H,16,18). The fourth-order valence-electron chi connectivity index (χ4n) is 1.82. The molecule has 0 aliphatic heterocycles. The summed E-state index contributed by atoms with van der Waals surface area (Å²) >= 11 is 0. The van der Waals surface area contributed by atoms with E-state index < -0.39 is 21.1 Å². The third-order valence-corrected chi connectivity index (χ3v) is 4.16. The molecule has 1 N–H and O–H groups in total. The lowest BCUT2D eigenvalue weighted by Crippen LogP contribution is -2.14. The van der Waals surface area contributed by atoms with E-state index in [0.29, 0.717) is 0 Å². The Hall–Kier alpha value is -3.14. The number of nitrogens with one attached hydrogen (secondary N) is 1. The van der Waals surface area contributed by atoms with Gasteiger partial charge in [-0.2, -0.15) is 8.42 Å². The minimum Gasteiger partial charge on any atom is -0.450 e. The molecule has 0 aliphatic rings. The quantitative estimate of drug-likeness (QED) is 0.473. The van der Waals surface area contributed by atoms with Crippen LogP contribution in [0.1, 0.15) is 6.92 Å². The van der Waals surface area contributed by atoms with Gasteiger partial charge in [0, 0.05) is 23.9 Å². The highest BCUT2D eigenvalue weighted by atomic mass is 32.2. The number of carbonyl (C=O) groups excluding carboxylic acids is 1. The first-order chi connectivity index (χ1) is 11.8. The monoisotopic (exact) mass is 366 g/mol. The Morgan fingerprint density at radius 1 is 1.20 bits per heavy atom. The van der Waals surface area contributed by atoms with Gasteiger partial charge in [0.2, 0.25) is 0 Å². The van der Waals surface area contributed by atoms with Crippen molar-refractivity contribution >= 4 is 27.6 Å². The lowest BCUT2D eigenvalue weighted by molar-refractivity contribution is -0.384. The lowest BCUT2D eigenvalue weighted by atomic mass is 10.3. The fraction of sp³-hybridized carbons (Fsp3) is 0.133. The van der Waals surface area contributed by atoms with E-state index in [9.17, 15) is 23.3 Å². The predicted molar refractivity (Wildman–Crippen MR) is 88.0 cm³/mol. The van der Waals surface area contributed by atoms with Crippen LogP contribution in [-0.2, 0) is 14.9 Å². The Bertz CT molecular complexity index is 879. The van der Waals surface area contributed by atoms with Gasteiger partial charge >= 0.3 is 16.2 Å². The number of nitro benzene ring substituents is 1. The number of benzene rings is 2. The minimum absolute atomic E-state index is 0.0346. The molecule has 2 aromatic carbocycles. The molecule has 132 valence electrons. The van der Waals surface area contributed by atoms with E-state index in [0.717, 1.165) is 24.3 Å². The van der Waals surface area contributed by atoms with Gasteiger partial charge in [0.15, 0.2) is 0 Å². The smallest absolute Gasteiger partial charge is 0.411 e. The largest absolute Gasteiger partial charge is 0.450 e. The maximum Gasteiger partial charge on any atom is 0.411 e. The molecule has 1 amide bonds. The van der Waals surface area contributed by atoms with Crippen molar-refractivity contribution in [3.05, 3.63) is 58.6 Å². The summed E-state index contributed by atoms with van der Waals surface area (Å²) in [6.45, 7) is 1.84. The number of non-ortho nitro benzene ring substituents is 1. The molecule has 0 radical (unpaired) electrons.